The first kappa shape index (κ1) is 21.5. The molecule has 0 radical (unpaired) electrons. The van der Waals surface area contributed by atoms with Gasteiger partial charge in [0.25, 0.3) is 0 Å². The Kier molecular flexibility index (Phi) is 5.68. The van der Waals surface area contributed by atoms with Crippen molar-refractivity contribution < 1.29 is 22.7 Å². The molecule has 1 amide bonds. The van der Waals surface area contributed by atoms with Crippen molar-refractivity contribution in [3.8, 4) is 5.75 Å². The zero-order chi connectivity index (χ0) is 22.9. The first-order chi connectivity index (χ1) is 15.3. The van der Waals surface area contributed by atoms with Crippen LogP contribution >= 0.6 is 0 Å². The quantitative estimate of drug-likeness (QED) is 0.388. The highest BCUT2D eigenvalue weighted by molar-refractivity contribution is 7.89. The molecule has 164 valence electrons. The van der Waals surface area contributed by atoms with Crippen molar-refractivity contribution in [2.75, 3.05) is 5.32 Å². The fourth-order valence-corrected chi connectivity index (χ4v) is 4.88. The zero-order valence-electron chi connectivity index (χ0n) is 17.4. The summed E-state index contributed by atoms with van der Waals surface area (Å²) in [6, 6.07) is 15.9. The third kappa shape index (κ3) is 4.20. The second-order valence-electron chi connectivity index (χ2n) is 7.30. The molecular weight excluding hydrogens is 430 g/mol. The average molecular weight is 452 g/mol. The van der Waals surface area contributed by atoms with E-state index in [2.05, 4.69) is 15.0 Å². The Morgan fingerprint density at radius 1 is 0.938 bits per heavy atom. The minimum absolute atomic E-state index is 0.00561. The van der Waals surface area contributed by atoms with Crippen LogP contribution in [0.3, 0.4) is 0 Å². The van der Waals surface area contributed by atoms with E-state index in [9.17, 15) is 18.0 Å². The highest BCUT2D eigenvalue weighted by Crippen LogP contribution is 2.30. The number of hydrogen-bond acceptors (Lipinski definition) is 5. The normalized spacial score (nSPS) is 12.6. The van der Waals surface area contributed by atoms with Crippen LogP contribution in [0.1, 0.15) is 13.8 Å². The summed E-state index contributed by atoms with van der Waals surface area (Å²) in [5.41, 5.74) is 1.30. The summed E-state index contributed by atoms with van der Waals surface area (Å²) in [7, 11) is -4.07. The number of benzene rings is 3. The molecule has 0 unspecified atom stereocenters. The predicted octanol–water partition coefficient (Wildman–Crippen LogP) is 3.55. The number of carbonyl (C=O) groups excluding carboxylic acids is 2. The maximum atomic E-state index is 13.1. The molecule has 0 bridgehead atoms. The Morgan fingerprint density at radius 2 is 1.59 bits per heavy atom. The van der Waals surface area contributed by atoms with Gasteiger partial charge in [-0.1, -0.05) is 36.4 Å². The number of aromatic nitrogens is 1. The molecule has 1 heterocycles. The standard InChI is InChI=1S/C23H21N3O5S/c1-14(23(28)31-21-13-24-19-10-6-5-9-18(19)21)26-32(29,30)22-12-11-20(25-15(2)27)16-7-3-4-8-17(16)22/h3-14,24,26H,1-2H3,(H,25,27)/t14-/m0/s1. The van der Waals surface area contributed by atoms with Gasteiger partial charge in [0.15, 0.2) is 5.75 Å². The SMILES string of the molecule is CC(=O)Nc1ccc(S(=O)(=O)N[C@@H](C)C(=O)Oc2c[nH]c3ccccc23)c2ccccc12. The van der Waals surface area contributed by atoms with Crippen LogP contribution in [0.15, 0.2) is 71.8 Å². The zero-order valence-corrected chi connectivity index (χ0v) is 18.2. The number of para-hydroxylation sites is 1. The van der Waals surface area contributed by atoms with E-state index in [1.54, 1.807) is 36.5 Å². The fraction of sp³-hybridized carbons (Fsp3) is 0.130. The maximum absolute atomic E-state index is 13.1. The predicted molar refractivity (Wildman–Crippen MR) is 122 cm³/mol. The molecule has 1 atom stereocenters. The van der Waals surface area contributed by atoms with Crippen LogP contribution in [0.5, 0.6) is 5.75 Å². The Bertz CT molecular complexity index is 1440. The average Bonchev–Trinajstić information content (AvgIpc) is 3.16. The molecular formula is C23H21N3O5S. The molecule has 8 nitrogen and oxygen atoms in total. The molecule has 0 fully saturated rings. The number of hydrogen-bond donors (Lipinski definition) is 3. The van der Waals surface area contributed by atoms with E-state index in [0.29, 0.717) is 22.2 Å². The van der Waals surface area contributed by atoms with Crippen LogP contribution in [0.25, 0.3) is 21.7 Å². The maximum Gasteiger partial charge on any atom is 0.329 e. The molecule has 3 N–H and O–H groups in total. The van der Waals surface area contributed by atoms with Crippen LogP contribution in [-0.2, 0) is 19.6 Å². The minimum atomic E-state index is -4.07. The van der Waals surface area contributed by atoms with E-state index in [1.165, 1.54) is 26.0 Å². The van der Waals surface area contributed by atoms with E-state index >= 15 is 0 Å². The Morgan fingerprint density at radius 3 is 2.31 bits per heavy atom. The smallest absolute Gasteiger partial charge is 0.329 e. The van der Waals surface area contributed by atoms with E-state index in [1.807, 2.05) is 18.2 Å². The van der Waals surface area contributed by atoms with Crippen molar-refractivity contribution in [1.29, 1.82) is 0 Å². The van der Waals surface area contributed by atoms with Crippen molar-refractivity contribution in [1.82, 2.24) is 9.71 Å². The van der Waals surface area contributed by atoms with Gasteiger partial charge in [-0.3, -0.25) is 4.79 Å². The fourth-order valence-electron chi connectivity index (χ4n) is 3.47. The number of nitrogens with one attached hydrogen (secondary N) is 3. The number of fused-ring (bicyclic) bond motifs is 2. The molecule has 0 aliphatic carbocycles. The van der Waals surface area contributed by atoms with Gasteiger partial charge in [0.2, 0.25) is 15.9 Å². The number of rotatable bonds is 6. The lowest BCUT2D eigenvalue weighted by atomic mass is 10.1. The van der Waals surface area contributed by atoms with E-state index in [-0.39, 0.29) is 10.8 Å². The van der Waals surface area contributed by atoms with Crippen molar-refractivity contribution >= 4 is 49.3 Å². The number of ether oxygens (including phenoxy) is 1. The first-order valence-corrected chi connectivity index (χ1v) is 11.3. The van der Waals surface area contributed by atoms with E-state index in [0.717, 1.165) is 10.9 Å². The van der Waals surface area contributed by atoms with Gasteiger partial charge in [-0.05, 0) is 31.2 Å². The lowest BCUT2D eigenvalue weighted by Crippen LogP contribution is -2.40. The number of carbonyl (C=O) groups is 2. The number of sulfonamides is 1. The molecule has 3 aromatic carbocycles. The number of aromatic amines is 1. The summed E-state index contributed by atoms with van der Waals surface area (Å²) in [5.74, 6) is -0.684. The van der Waals surface area contributed by atoms with Gasteiger partial charge >= 0.3 is 5.97 Å². The highest BCUT2D eigenvalue weighted by atomic mass is 32.2. The van der Waals surface area contributed by atoms with Crippen LogP contribution in [0.2, 0.25) is 0 Å². The van der Waals surface area contributed by atoms with Crippen LogP contribution in [0, 0.1) is 0 Å². The van der Waals surface area contributed by atoms with Crippen molar-refractivity contribution in [3.63, 3.8) is 0 Å². The molecule has 0 spiro atoms. The van der Waals surface area contributed by atoms with Crippen molar-refractivity contribution in [2.45, 2.75) is 24.8 Å². The summed E-state index contributed by atoms with van der Waals surface area (Å²) in [5, 5.41) is 4.40. The number of anilines is 1. The van der Waals surface area contributed by atoms with Crippen molar-refractivity contribution in [3.05, 3.63) is 66.9 Å². The molecule has 32 heavy (non-hydrogen) atoms. The highest BCUT2D eigenvalue weighted by Gasteiger charge is 2.26. The lowest BCUT2D eigenvalue weighted by molar-refractivity contribution is -0.135. The topological polar surface area (TPSA) is 117 Å². The Hall–Kier alpha value is -3.69. The largest absolute Gasteiger partial charge is 0.423 e. The molecule has 1 aromatic heterocycles. The Balaban J connectivity index is 1.59. The minimum Gasteiger partial charge on any atom is -0.423 e. The van der Waals surface area contributed by atoms with Gasteiger partial charge in [-0.15, -0.1) is 0 Å². The molecule has 4 rings (SSSR count). The second-order valence-corrected chi connectivity index (χ2v) is 8.98. The first-order valence-electron chi connectivity index (χ1n) is 9.86. The summed E-state index contributed by atoms with van der Waals surface area (Å²) in [6.07, 6.45) is 1.55. The van der Waals surface area contributed by atoms with E-state index < -0.39 is 22.0 Å². The van der Waals surface area contributed by atoms with Gasteiger partial charge < -0.3 is 15.0 Å². The monoisotopic (exact) mass is 451 g/mol. The van der Waals surface area contributed by atoms with Crippen LogP contribution in [0.4, 0.5) is 5.69 Å². The second kappa shape index (κ2) is 8.45. The van der Waals surface area contributed by atoms with Gasteiger partial charge in [-0.25, -0.2) is 13.2 Å². The third-order valence-corrected chi connectivity index (χ3v) is 6.53. The van der Waals surface area contributed by atoms with Crippen molar-refractivity contribution in [2.24, 2.45) is 0 Å². The summed E-state index contributed by atoms with van der Waals surface area (Å²) in [4.78, 5) is 27.1. The van der Waals surface area contributed by atoms with Gasteiger partial charge in [0.05, 0.1) is 4.90 Å². The molecule has 0 saturated heterocycles. The Labute approximate surface area is 184 Å². The van der Waals surface area contributed by atoms with E-state index in [4.69, 9.17) is 4.74 Å². The van der Waals surface area contributed by atoms with Gasteiger partial charge in [-0.2, -0.15) is 4.72 Å². The molecule has 0 aliphatic rings. The molecule has 0 aliphatic heterocycles. The molecule has 4 aromatic rings. The van der Waals surface area contributed by atoms with Gasteiger partial charge in [0.1, 0.15) is 6.04 Å². The van der Waals surface area contributed by atoms with Gasteiger partial charge in [0, 0.05) is 40.5 Å². The third-order valence-electron chi connectivity index (χ3n) is 4.93. The van der Waals surface area contributed by atoms with Crippen LogP contribution < -0.4 is 14.8 Å². The summed E-state index contributed by atoms with van der Waals surface area (Å²) >= 11 is 0. The lowest BCUT2D eigenvalue weighted by Gasteiger charge is -2.16. The summed E-state index contributed by atoms with van der Waals surface area (Å²) < 4.78 is 34.0. The summed E-state index contributed by atoms with van der Waals surface area (Å²) in [6.45, 7) is 2.80. The number of amides is 1. The number of H-pyrrole nitrogens is 1. The molecule has 0 saturated carbocycles. The molecule has 9 heteroatoms. The number of esters is 1. The van der Waals surface area contributed by atoms with Crippen LogP contribution in [-0.4, -0.2) is 31.3 Å².